The third-order valence-corrected chi connectivity index (χ3v) is 2.10. The molecule has 1 amide bonds. The normalized spacial score (nSPS) is 32.2. The molecule has 0 bridgehead atoms. The SMILES string of the molecule is CNC(=O)C1CNCC1C. The topological polar surface area (TPSA) is 41.1 Å². The summed E-state index contributed by atoms with van der Waals surface area (Å²) in [5.41, 5.74) is 0. The van der Waals surface area contributed by atoms with Gasteiger partial charge in [-0.05, 0) is 12.5 Å². The highest BCUT2D eigenvalue weighted by Gasteiger charge is 2.28. The van der Waals surface area contributed by atoms with Crippen LogP contribution in [0.2, 0.25) is 0 Å². The number of hydrogen-bond donors (Lipinski definition) is 2. The van der Waals surface area contributed by atoms with Gasteiger partial charge in [0.15, 0.2) is 0 Å². The Bertz CT molecular complexity index is 136. The Balaban J connectivity index is 2.46. The number of nitrogens with one attached hydrogen (secondary N) is 2. The van der Waals surface area contributed by atoms with Gasteiger partial charge in [-0.25, -0.2) is 0 Å². The van der Waals surface area contributed by atoms with Crippen LogP contribution in [0.5, 0.6) is 0 Å². The molecule has 2 unspecified atom stereocenters. The molecular formula is C7H14N2O. The van der Waals surface area contributed by atoms with Crippen molar-refractivity contribution < 1.29 is 4.79 Å². The second-order valence-electron chi connectivity index (χ2n) is 2.86. The minimum absolute atomic E-state index is 0.164. The van der Waals surface area contributed by atoms with Gasteiger partial charge < -0.3 is 10.6 Å². The monoisotopic (exact) mass is 142 g/mol. The minimum Gasteiger partial charge on any atom is -0.359 e. The van der Waals surface area contributed by atoms with Gasteiger partial charge in [0.1, 0.15) is 0 Å². The fraction of sp³-hybridized carbons (Fsp3) is 0.857. The van der Waals surface area contributed by atoms with E-state index < -0.39 is 0 Å². The molecule has 1 aliphatic rings. The van der Waals surface area contributed by atoms with Gasteiger partial charge in [0.25, 0.3) is 0 Å². The van der Waals surface area contributed by atoms with Crippen molar-refractivity contribution in [3.05, 3.63) is 0 Å². The minimum atomic E-state index is 0.164. The van der Waals surface area contributed by atoms with Crippen molar-refractivity contribution in [2.75, 3.05) is 20.1 Å². The fourth-order valence-corrected chi connectivity index (χ4v) is 1.35. The molecule has 1 fully saturated rings. The molecule has 58 valence electrons. The van der Waals surface area contributed by atoms with Gasteiger partial charge in [-0.1, -0.05) is 6.92 Å². The predicted molar refractivity (Wildman–Crippen MR) is 39.6 cm³/mol. The third kappa shape index (κ3) is 1.29. The summed E-state index contributed by atoms with van der Waals surface area (Å²) in [4.78, 5) is 11.1. The Kier molecular flexibility index (Phi) is 2.27. The first-order valence-corrected chi connectivity index (χ1v) is 3.68. The average Bonchev–Trinajstić information content (AvgIpc) is 2.34. The van der Waals surface area contributed by atoms with E-state index in [2.05, 4.69) is 17.6 Å². The standard InChI is InChI=1S/C7H14N2O/c1-5-3-9-4-6(5)7(10)8-2/h5-6,9H,3-4H2,1-2H3,(H,8,10). The molecule has 0 aromatic carbocycles. The van der Waals surface area contributed by atoms with E-state index in [4.69, 9.17) is 0 Å². The van der Waals surface area contributed by atoms with Gasteiger partial charge in [0, 0.05) is 13.6 Å². The predicted octanol–water partition coefficient (Wildman–Crippen LogP) is -0.412. The highest BCUT2D eigenvalue weighted by molar-refractivity contribution is 5.79. The molecule has 2 atom stereocenters. The summed E-state index contributed by atoms with van der Waals surface area (Å²) >= 11 is 0. The fourth-order valence-electron chi connectivity index (χ4n) is 1.35. The largest absolute Gasteiger partial charge is 0.359 e. The molecule has 10 heavy (non-hydrogen) atoms. The summed E-state index contributed by atoms with van der Waals surface area (Å²) < 4.78 is 0. The number of carbonyl (C=O) groups is 1. The zero-order valence-corrected chi connectivity index (χ0v) is 6.48. The van der Waals surface area contributed by atoms with Crippen molar-refractivity contribution in [3.63, 3.8) is 0 Å². The molecule has 1 aliphatic heterocycles. The van der Waals surface area contributed by atoms with Crippen LogP contribution in [0.15, 0.2) is 0 Å². The molecule has 1 saturated heterocycles. The van der Waals surface area contributed by atoms with Crippen molar-refractivity contribution in [2.24, 2.45) is 11.8 Å². The van der Waals surface area contributed by atoms with E-state index >= 15 is 0 Å². The number of carbonyl (C=O) groups excluding carboxylic acids is 1. The lowest BCUT2D eigenvalue weighted by atomic mass is 9.98. The highest BCUT2D eigenvalue weighted by atomic mass is 16.1. The van der Waals surface area contributed by atoms with Crippen LogP contribution in [0.25, 0.3) is 0 Å². The lowest BCUT2D eigenvalue weighted by molar-refractivity contribution is -0.124. The quantitative estimate of drug-likeness (QED) is 0.522. The lowest BCUT2D eigenvalue weighted by Gasteiger charge is -2.10. The van der Waals surface area contributed by atoms with E-state index in [1.165, 1.54) is 0 Å². The van der Waals surface area contributed by atoms with Crippen LogP contribution in [0.4, 0.5) is 0 Å². The molecule has 0 spiro atoms. The highest BCUT2D eigenvalue weighted by Crippen LogP contribution is 2.14. The van der Waals surface area contributed by atoms with E-state index in [-0.39, 0.29) is 11.8 Å². The van der Waals surface area contributed by atoms with Crippen molar-refractivity contribution in [1.82, 2.24) is 10.6 Å². The van der Waals surface area contributed by atoms with E-state index in [1.54, 1.807) is 7.05 Å². The van der Waals surface area contributed by atoms with Gasteiger partial charge in [-0.3, -0.25) is 4.79 Å². The molecule has 1 rings (SSSR count). The summed E-state index contributed by atoms with van der Waals surface area (Å²) in [5, 5.41) is 5.83. The third-order valence-electron chi connectivity index (χ3n) is 2.10. The molecule has 1 heterocycles. The van der Waals surface area contributed by atoms with Gasteiger partial charge >= 0.3 is 0 Å². The summed E-state index contributed by atoms with van der Waals surface area (Å²) in [5.74, 6) is 0.836. The number of rotatable bonds is 1. The first kappa shape index (κ1) is 7.54. The summed E-state index contributed by atoms with van der Waals surface area (Å²) in [6, 6.07) is 0. The van der Waals surface area contributed by atoms with Crippen LogP contribution in [0, 0.1) is 11.8 Å². The second kappa shape index (κ2) is 3.01. The number of hydrogen-bond acceptors (Lipinski definition) is 2. The smallest absolute Gasteiger partial charge is 0.224 e. The number of amides is 1. The molecule has 0 aliphatic carbocycles. The first-order valence-electron chi connectivity index (χ1n) is 3.68. The second-order valence-corrected chi connectivity index (χ2v) is 2.86. The van der Waals surface area contributed by atoms with Crippen LogP contribution in [0.1, 0.15) is 6.92 Å². The Morgan fingerprint density at radius 3 is 2.70 bits per heavy atom. The summed E-state index contributed by atoms with van der Waals surface area (Å²) in [6.07, 6.45) is 0. The molecule has 0 aromatic heterocycles. The Hall–Kier alpha value is -0.570. The van der Waals surface area contributed by atoms with Gasteiger partial charge in [0.05, 0.1) is 5.92 Å². The maximum Gasteiger partial charge on any atom is 0.224 e. The Morgan fingerprint density at radius 2 is 2.30 bits per heavy atom. The van der Waals surface area contributed by atoms with E-state index in [1.807, 2.05) is 0 Å². The van der Waals surface area contributed by atoms with E-state index in [0.29, 0.717) is 5.92 Å². The van der Waals surface area contributed by atoms with E-state index in [9.17, 15) is 4.79 Å². The van der Waals surface area contributed by atoms with Crippen LogP contribution >= 0.6 is 0 Å². The molecule has 0 aromatic rings. The van der Waals surface area contributed by atoms with Crippen LogP contribution in [-0.4, -0.2) is 26.0 Å². The molecule has 3 nitrogen and oxygen atoms in total. The average molecular weight is 142 g/mol. The molecular weight excluding hydrogens is 128 g/mol. The van der Waals surface area contributed by atoms with Crippen LogP contribution in [0.3, 0.4) is 0 Å². The molecule has 2 N–H and O–H groups in total. The lowest BCUT2D eigenvalue weighted by Crippen LogP contribution is -2.31. The Labute approximate surface area is 61.2 Å². The van der Waals surface area contributed by atoms with Gasteiger partial charge in [0.2, 0.25) is 5.91 Å². The summed E-state index contributed by atoms with van der Waals surface area (Å²) in [7, 11) is 1.69. The van der Waals surface area contributed by atoms with E-state index in [0.717, 1.165) is 13.1 Å². The first-order chi connectivity index (χ1) is 4.75. The maximum absolute atomic E-state index is 11.1. The molecule has 0 radical (unpaired) electrons. The van der Waals surface area contributed by atoms with Crippen LogP contribution < -0.4 is 10.6 Å². The van der Waals surface area contributed by atoms with Gasteiger partial charge in [-0.2, -0.15) is 0 Å². The van der Waals surface area contributed by atoms with Crippen molar-refractivity contribution in [2.45, 2.75) is 6.92 Å². The van der Waals surface area contributed by atoms with Crippen LogP contribution in [-0.2, 0) is 4.79 Å². The zero-order chi connectivity index (χ0) is 7.56. The van der Waals surface area contributed by atoms with Gasteiger partial charge in [-0.15, -0.1) is 0 Å². The maximum atomic E-state index is 11.1. The van der Waals surface area contributed by atoms with Crippen molar-refractivity contribution >= 4 is 5.91 Å². The molecule has 3 heteroatoms. The summed E-state index contributed by atoms with van der Waals surface area (Å²) in [6.45, 7) is 3.90. The zero-order valence-electron chi connectivity index (χ0n) is 6.48. The van der Waals surface area contributed by atoms with Crippen molar-refractivity contribution in [3.8, 4) is 0 Å². The van der Waals surface area contributed by atoms with Crippen molar-refractivity contribution in [1.29, 1.82) is 0 Å². The Morgan fingerprint density at radius 1 is 1.60 bits per heavy atom. The molecule has 0 saturated carbocycles.